The van der Waals surface area contributed by atoms with Gasteiger partial charge in [-0.1, -0.05) is 30.3 Å². The van der Waals surface area contributed by atoms with Crippen LogP contribution in [-0.2, 0) is 16.0 Å². The molecule has 1 atom stereocenters. The Morgan fingerprint density at radius 3 is 2.61 bits per heavy atom. The monoisotopic (exact) mass is 247 g/mol. The van der Waals surface area contributed by atoms with Gasteiger partial charge in [-0.3, -0.25) is 4.79 Å². The number of carboxylic acid groups (broad SMARTS) is 1. The van der Waals surface area contributed by atoms with E-state index < -0.39 is 12.0 Å². The minimum atomic E-state index is -0.902. The largest absolute Gasteiger partial charge is 0.480 e. The summed E-state index contributed by atoms with van der Waals surface area (Å²) < 4.78 is 0. The van der Waals surface area contributed by atoms with Crippen LogP contribution in [0.2, 0.25) is 0 Å². The molecule has 0 spiro atoms. The first-order chi connectivity index (χ1) is 8.68. The summed E-state index contributed by atoms with van der Waals surface area (Å²) in [6, 6.07) is 9.08. The Bertz CT molecular complexity index is 430. The molecule has 1 aromatic carbocycles. The topological polar surface area (TPSA) is 57.6 Å². The second kappa shape index (κ2) is 5.67. The van der Waals surface area contributed by atoms with Crippen molar-refractivity contribution in [3.8, 4) is 0 Å². The number of carbonyl (C=O) groups excluding carboxylic acids is 1. The minimum absolute atomic E-state index is 0.0320. The van der Waals surface area contributed by atoms with Crippen LogP contribution in [0.3, 0.4) is 0 Å². The molecule has 1 aliphatic rings. The Morgan fingerprint density at radius 2 is 2.06 bits per heavy atom. The molecule has 0 radical (unpaired) electrons. The summed E-state index contributed by atoms with van der Waals surface area (Å²) in [7, 11) is 0. The van der Waals surface area contributed by atoms with Crippen LogP contribution in [0.4, 0.5) is 0 Å². The molecule has 1 fully saturated rings. The zero-order chi connectivity index (χ0) is 13.0. The van der Waals surface area contributed by atoms with Gasteiger partial charge in [0.1, 0.15) is 6.04 Å². The van der Waals surface area contributed by atoms with Crippen LogP contribution in [-0.4, -0.2) is 34.5 Å². The number of hydrogen-bond acceptors (Lipinski definition) is 2. The van der Waals surface area contributed by atoms with E-state index in [1.165, 1.54) is 4.90 Å². The molecule has 1 N–H and O–H groups in total. The van der Waals surface area contributed by atoms with Gasteiger partial charge in [-0.2, -0.15) is 0 Å². The molecule has 0 aromatic heterocycles. The van der Waals surface area contributed by atoms with E-state index >= 15 is 0 Å². The van der Waals surface area contributed by atoms with E-state index in [0.717, 1.165) is 12.0 Å². The maximum atomic E-state index is 11.6. The fraction of sp³-hybridized carbons (Fsp3) is 0.429. The maximum absolute atomic E-state index is 11.6. The number of carbonyl (C=O) groups is 2. The normalized spacial score (nSPS) is 16.9. The van der Waals surface area contributed by atoms with E-state index in [0.29, 0.717) is 25.8 Å². The van der Waals surface area contributed by atoms with Gasteiger partial charge >= 0.3 is 5.97 Å². The van der Waals surface area contributed by atoms with Crippen molar-refractivity contribution in [3.05, 3.63) is 35.9 Å². The first kappa shape index (κ1) is 12.6. The van der Waals surface area contributed by atoms with E-state index in [9.17, 15) is 14.7 Å². The number of likely N-dealkylation sites (tertiary alicyclic amines) is 1. The van der Waals surface area contributed by atoms with Crippen LogP contribution in [0.1, 0.15) is 24.8 Å². The number of benzene rings is 1. The molecular weight excluding hydrogens is 230 g/mol. The van der Waals surface area contributed by atoms with Crippen LogP contribution in [0, 0.1) is 0 Å². The zero-order valence-electron chi connectivity index (χ0n) is 10.2. The quantitative estimate of drug-likeness (QED) is 0.861. The Hall–Kier alpha value is -1.84. The van der Waals surface area contributed by atoms with Crippen LogP contribution in [0.5, 0.6) is 0 Å². The lowest BCUT2D eigenvalue weighted by Gasteiger charge is -2.24. The van der Waals surface area contributed by atoms with E-state index in [-0.39, 0.29) is 5.91 Å². The van der Waals surface area contributed by atoms with Crippen molar-refractivity contribution in [3.63, 3.8) is 0 Å². The molecule has 4 nitrogen and oxygen atoms in total. The highest BCUT2D eigenvalue weighted by atomic mass is 16.4. The Labute approximate surface area is 106 Å². The van der Waals surface area contributed by atoms with Gasteiger partial charge in [0.15, 0.2) is 0 Å². The molecule has 0 saturated carbocycles. The molecule has 0 aliphatic carbocycles. The van der Waals surface area contributed by atoms with Gasteiger partial charge in [0.05, 0.1) is 0 Å². The third-order valence-corrected chi connectivity index (χ3v) is 3.32. The van der Waals surface area contributed by atoms with Gasteiger partial charge in [-0.25, -0.2) is 4.79 Å². The van der Waals surface area contributed by atoms with Gasteiger partial charge in [-0.15, -0.1) is 0 Å². The summed E-state index contributed by atoms with van der Waals surface area (Å²) in [6.07, 6.45) is 2.41. The molecule has 1 aliphatic heterocycles. The minimum Gasteiger partial charge on any atom is -0.480 e. The summed E-state index contributed by atoms with van der Waals surface area (Å²) >= 11 is 0. The number of carboxylic acids is 1. The first-order valence-corrected chi connectivity index (χ1v) is 6.24. The van der Waals surface area contributed by atoms with Crippen molar-refractivity contribution in [1.29, 1.82) is 0 Å². The average molecular weight is 247 g/mol. The molecule has 2 rings (SSSR count). The molecule has 0 bridgehead atoms. The number of aliphatic carboxylic acids is 1. The van der Waals surface area contributed by atoms with Crippen molar-refractivity contribution in [2.45, 2.75) is 31.7 Å². The van der Waals surface area contributed by atoms with Crippen molar-refractivity contribution in [2.24, 2.45) is 0 Å². The van der Waals surface area contributed by atoms with E-state index in [4.69, 9.17) is 0 Å². The summed E-state index contributed by atoms with van der Waals surface area (Å²) in [6.45, 7) is 0.574. The number of hydrogen-bond donors (Lipinski definition) is 1. The van der Waals surface area contributed by atoms with E-state index in [2.05, 4.69) is 0 Å². The Kier molecular flexibility index (Phi) is 3.97. The van der Waals surface area contributed by atoms with Crippen LogP contribution >= 0.6 is 0 Å². The summed E-state index contributed by atoms with van der Waals surface area (Å²) in [5.74, 6) is -0.934. The van der Waals surface area contributed by atoms with Gasteiger partial charge in [0.25, 0.3) is 0 Å². The molecule has 1 saturated heterocycles. The predicted octanol–water partition coefficient (Wildman–Crippen LogP) is 1.69. The SMILES string of the molecule is O=C(O)C(CCc1ccccc1)N1CCCC1=O. The molecule has 4 heteroatoms. The average Bonchev–Trinajstić information content (AvgIpc) is 2.77. The van der Waals surface area contributed by atoms with Crippen molar-refractivity contribution < 1.29 is 14.7 Å². The Morgan fingerprint density at radius 1 is 1.33 bits per heavy atom. The summed E-state index contributed by atoms with van der Waals surface area (Å²) in [5.41, 5.74) is 1.11. The highest BCUT2D eigenvalue weighted by molar-refractivity contribution is 5.84. The molecule has 1 unspecified atom stereocenters. The summed E-state index contributed by atoms with van der Waals surface area (Å²) in [5, 5.41) is 9.24. The number of rotatable bonds is 5. The van der Waals surface area contributed by atoms with E-state index in [1.54, 1.807) is 0 Å². The predicted molar refractivity (Wildman–Crippen MR) is 67.1 cm³/mol. The molecule has 18 heavy (non-hydrogen) atoms. The van der Waals surface area contributed by atoms with Crippen LogP contribution in [0.25, 0.3) is 0 Å². The Balaban J connectivity index is 1.99. The molecule has 1 heterocycles. The highest BCUT2D eigenvalue weighted by Crippen LogP contribution is 2.18. The standard InChI is InChI=1S/C14H17NO3/c16-13-7-4-10-15(13)12(14(17)18)9-8-11-5-2-1-3-6-11/h1-3,5-6,12H,4,7-10H2,(H,17,18). The molecule has 96 valence electrons. The third kappa shape index (κ3) is 2.88. The first-order valence-electron chi connectivity index (χ1n) is 6.24. The van der Waals surface area contributed by atoms with Gasteiger partial charge < -0.3 is 10.0 Å². The lowest BCUT2D eigenvalue weighted by molar-refractivity contribution is -0.148. The zero-order valence-corrected chi connectivity index (χ0v) is 10.2. The van der Waals surface area contributed by atoms with Gasteiger partial charge in [0, 0.05) is 13.0 Å². The second-order valence-electron chi connectivity index (χ2n) is 4.57. The molecule has 1 aromatic rings. The lowest BCUT2D eigenvalue weighted by Crippen LogP contribution is -2.42. The van der Waals surface area contributed by atoms with Gasteiger partial charge in [0.2, 0.25) is 5.91 Å². The second-order valence-corrected chi connectivity index (χ2v) is 4.57. The fourth-order valence-electron chi connectivity index (χ4n) is 2.36. The van der Waals surface area contributed by atoms with Gasteiger partial charge in [-0.05, 0) is 24.8 Å². The number of nitrogens with zero attached hydrogens (tertiary/aromatic N) is 1. The molecule has 1 amide bonds. The van der Waals surface area contributed by atoms with Crippen molar-refractivity contribution >= 4 is 11.9 Å². The maximum Gasteiger partial charge on any atom is 0.326 e. The smallest absolute Gasteiger partial charge is 0.326 e. The van der Waals surface area contributed by atoms with Crippen LogP contribution in [0.15, 0.2) is 30.3 Å². The fourth-order valence-corrected chi connectivity index (χ4v) is 2.36. The summed E-state index contributed by atoms with van der Waals surface area (Å²) in [4.78, 5) is 24.4. The van der Waals surface area contributed by atoms with E-state index in [1.807, 2.05) is 30.3 Å². The van der Waals surface area contributed by atoms with Crippen LogP contribution < -0.4 is 0 Å². The van der Waals surface area contributed by atoms with Crippen molar-refractivity contribution in [2.75, 3.05) is 6.54 Å². The van der Waals surface area contributed by atoms with Crippen molar-refractivity contribution in [1.82, 2.24) is 4.90 Å². The lowest BCUT2D eigenvalue weighted by atomic mass is 10.0. The third-order valence-electron chi connectivity index (χ3n) is 3.32. The highest BCUT2D eigenvalue weighted by Gasteiger charge is 2.32. The molecular formula is C14H17NO3. The number of amides is 1. The number of aryl methyl sites for hydroxylation is 1.